The van der Waals surface area contributed by atoms with Crippen molar-refractivity contribution >= 4 is 0 Å². The molecule has 0 aromatic rings. The summed E-state index contributed by atoms with van der Waals surface area (Å²) in [6, 6.07) is 1.85. The van der Waals surface area contributed by atoms with Crippen molar-refractivity contribution in [3.8, 4) is 6.07 Å². The molecule has 0 aromatic heterocycles. The average Bonchev–Trinajstić information content (AvgIpc) is 2.48. The Balaban J connectivity index is 4.96. The molecule has 0 N–H and O–H groups in total. The van der Waals surface area contributed by atoms with Crippen molar-refractivity contribution in [3.63, 3.8) is 0 Å². The summed E-state index contributed by atoms with van der Waals surface area (Å²) in [6.45, 7) is 21.8. The second kappa shape index (κ2) is 9.06. The van der Waals surface area contributed by atoms with E-state index < -0.39 is 5.83 Å². The van der Waals surface area contributed by atoms with Gasteiger partial charge in [0.15, 0.2) is 0 Å². The third-order valence-corrected chi connectivity index (χ3v) is 2.45. The number of allylic oxidation sites excluding steroid dienone is 12. The molecule has 0 aliphatic heterocycles. The Hall–Kier alpha value is -2.92. The molecule has 0 aliphatic rings. The number of hydrogen-bond donors (Lipinski definition) is 0. The van der Waals surface area contributed by atoms with Gasteiger partial charge in [0.1, 0.15) is 5.83 Å². The van der Waals surface area contributed by atoms with E-state index in [-0.39, 0.29) is 11.1 Å². The molecular weight excluding hydrogens is 261 g/mol. The third-order valence-electron chi connectivity index (χ3n) is 2.45. The lowest BCUT2D eigenvalue weighted by atomic mass is 10.0. The van der Waals surface area contributed by atoms with Crippen molar-refractivity contribution in [2.24, 2.45) is 0 Å². The van der Waals surface area contributed by atoms with Gasteiger partial charge in [0.05, 0.1) is 6.07 Å². The second-order valence-electron chi connectivity index (χ2n) is 4.11. The molecule has 0 radical (unpaired) electrons. The number of hydrogen-bond acceptors (Lipinski definition) is 1. The maximum Gasteiger partial charge on any atom is 0.131 e. The zero-order chi connectivity index (χ0) is 16.4. The van der Waals surface area contributed by atoms with Gasteiger partial charge in [-0.15, -0.1) is 0 Å². The van der Waals surface area contributed by atoms with Crippen molar-refractivity contribution in [3.05, 3.63) is 110 Å². The zero-order valence-electron chi connectivity index (χ0n) is 12.0. The van der Waals surface area contributed by atoms with E-state index in [4.69, 9.17) is 5.26 Å². The molecule has 1 nitrogen and oxygen atoms in total. The molecule has 0 saturated heterocycles. The Kier molecular flexibility index (Phi) is 7.80. The summed E-state index contributed by atoms with van der Waals surface area (Å²) in [4.78, 5) is 0. The minimum atomic E-state index is -0.564. The van der Waals surface area contributed by atoms with Crippen LogP contribution in [0.3, 0.4) is 0 Å². The molecule has 106 valence electrons. The van der Waals surface area contributed by atoms with Crippen LogP contribution in [0, 0.1) is 11.3 Å². The number of halogens is 1. The lowest BCUT2D eigenvalue weighted by Crippen LogP contribution is -1.87. The maximum absolute atomic E-state index is 14.0. The van der Waals surface area contributed by atoms with Crippen LogP contribution in [-0.4, -0.2) is 0 Å². The predicted octanol–water partition coefficient (Wildman–Crippen LogP) is 5.44. The average molecular weight is 279 g/mol. The van der Waals surface area contributed by atoms with E-state index in [9.17, 15) is 4.39 Å². The van der Waals surface area contributed by atoms with Crippen molar-refractivity contribution in [1.82, 2.24) is 0 Å². The highest BCUT2D eigenvalue weighted by molar-refractivity contribution is 5.52. The van der Waals surface area contributed by atoms with E-state index in [0.717, 1.165) is 0 Å². The van der Waals surface area contributed by atoms with Crippen LogP contribution in [0.2, 0.25) is 0 Å². The first-order valence-corrected chi connectivity index (χ1v) is 6.03. The van der Waals surface area contributed by atoms with Crippen LogP contribution >= 0.6 is 0 Å². The van der Waals surface area contributed by atoms with Gasteiger partial charge < -0.3 is 0 Å². The molecule has 0 fully saturated rings. The lowest BCUT2D eigenvalue weighted by molar-refractivity contribution is 0.655. The molecule has 0 unspecified atom stereocenters. The van der Waals surface area contributed by atoms with Gasteiger partial charge in [-0.25, -0.2) is 4.39 Å². The van der Waals surface area contributed by atoms with E-state index >= 15 is 0 Å². The summed E-state index contributed by atoms with van der Waals surface area (Å²) in [6.07, 6.45) is 9.11. The first-order chi connectivity index (χ1) is 9.83. The molecule has 2 heteroatoms. The van der Waals surface area contributed by atoms with Gasteiger partial charge in [-0.05, 0) is 28.9 Å². The van der Waals surface area contributed by atoms with Crippen molar-refractivity contribution in [2.45, 2.75) is 0 Å². The van der Waals surface area contributed by atoms with Gasteiger partial charge in [-0.3, -0.25) is 0 Å². The molecule has 0 bridgehead atoms. The van der Waals surface area contributed by atoms with Gasteiger partial charge in [0.25, 0.3) is 0 Å². The highest BCUT2D eigenvalue weighted by atomic mass is 19.1. The van der Waals surface area contributed by atoms with Crippen molar-refractivity contribution in [2.75, 3.05) is 0 Å². The minimum absolute atomic E-state index is 0.110. The molecule has 0 amide bonds. The highest BCUT2D eigenvalue weighted by Crippen LogP contribution is 2.22. The molecule has 0 rings (SSSR count). The minimum Gasteiger partial charge on any atom is -0.206 e. The van der Waals surface area contributed by atoms with Gasteiger partial charge in [-0.1, -0.05) is 63.8 Å². The first-order valence-electron chi connectivity index (χ1n) is 6.03. The second-order valence-corrected chi connectivity index (χ2v) is 4.11. The molecule has 0 heterocycles. The topological polar surface area (TPSA) is 23.8 Å². The van der Waals surface area contributed by atoms with Crippen molar-refractivity contribution in [1.29, 1.82) is 5.26 Å². The van der Waals surface area contributed by atoms with Crippen LogP contribution in [0.5, 0.6) is 0 Å². The Morgan fingerprint density at radius 3 is 2.05 bits per heavy atom. The van der Waals surface area contributed by atoms with Crippen LogP contribution in [0.1, 0.15) is 0 Å². The number of nitrogens with zero attached hydrogens (tertiary/aromatic N) is 1. The van der Waals surface area contributed by atoms with Gasteiger partial charge in [0.2, 0.25) is 0 Å². The van der Waals surface area contributed by atoms with E-state index in [1.54, 1.807) is 18.2 Å². The van der Waals surface area contributed by atoms with E-state index in [1.165, 1.54) is 18.2 Å². The largest absolute Gasteiger partial charge is 0.206 e. The highest BCUT2D eigenvalue weighted by Gasteiger charge is 2.05. The van der Waals surface area contributed by atoms with Crippen LogP contribution in [0.4, 0.5) is 4.39 Å². The molecule has 21 heavy (non-hydrogen) atoms. The normalized spacial score (nSPS) is 11.1. The van der Waals surface area contributed by atoms with Crippen LogP contribution in [0.15, 0.2) is 110 Å². The molecule has 0 aromatic carbocycles. The van der Waals surface area contributed by atoms with Crippen molar-refractivity contribution < 1.29 is 4.39 Å². The quantitative estimate of drug-likeness (QED) is 0.428. The molecule has 0 atom stereocenters. The molecular formula is C19H18FN. The van der Waals surface area contributed by atoms with Crippen LogP contribution < -0.4 is 0 Å². The van der Waals surface area contributed by atoms with Gasteiger partial charge in [-0.2, -0.15) is 5.26 Å². The smallest absolute Gasteiger partial charge is 0.131 e. The summed E-state index contributed by atoms with van der Waals surface area (Å²) in [5, 5.41) is 8.57. The Bertz CT molecular complexity index is 631. The molecule has 0 saturated carbocycles. The Labute approximate surface area is 126 Å². The van der Waals surface area contributed by atoms with E-state index in [2.05, 4.69) is 39.5 Å². The fraction of sp³-hybridized carbons (Fsp3) is 0. The van der Waals surface area contributed by atoms with Gasteiger partial charge >= 0.3 is 0 Å². The summed E-state index contributed by atoms with van der Waals surface area (Å²) in [5.74, 6) is -0.564. The number of rotatable bonds is 8. The monoisotopic (exact) mass is 279 g/mol. The summed E-state index contributed by atoms with van der Waals surface area (Å²) in [5.41, 5.74) is 1.70. The molecule has 0 spiro atoms. The lowest BCUT2D eigenvalue weighted by Gasteiger charge is -2.04. The van der Waals surface area contributed by atoms with E-state index in [1.807, 2.05) is 6.07 Å². The standard InChI is InChI=1S/C19H18FN/c1-7-8-9-15(3)17(5)12-19(20)18(6)16(4)11-10-14(2)13-21/h7-12H,1-6H2/b9-8-,11-10-,19-12+. The maximum atomic E-state index is 14.0. The fourth-order valence-corrected chi connectivity index (χ4v) is 1.12. The number of nitriles is 1. The summed E-state index contributed by atoms with van der Waals surface area (Å²) >= 11 is 0. The zero-order valence-corrected chi connectivity index (χ0v) is 12.0. The Morgan fingerprint density at radius 2 is 1.52 bits per heavy atom. The fourth-order valence-electron chi connectivity index (χ4n) is 1.12. The summed E-state index contributed by atoms with van der Waals surface area (Å²) in [7, 11) is 0. The van der Waals surface area contributed by atoms with Gasteiger partial charge in [0, 0.05) is 11.1 Å². The molecule has 0 aliphatic carbocycles. The third kappa shape index (κ3) is 6.70. The SMILES string of the molecule is C=C/C=C\C(=C)C(=C)/C=C(/F)C(=C)C(=C)/C=C\C(=C)C#N. The Morgan fingerprint density at radius 1 is 0.905 bits per heavy atom. The van der Waals surface area contributed by atoms with Crippen LogP contribution in [-0.2, 0) is 0 Å². The van der Waals surface area contributed by atoms with E-state index in [0.29, 0.717) is 16.7 Å². The van der Waals surface area contributed by atoms with Crippen LogP contribution in [0.25, 0.3) is 0 Å². The first kappa shape index (κ1) is 18.1. The predicted molar refractivity (Wildman–Crippen MR) is 89.0 cm³/mol. The summed E-state index contributed by atoms with van der Waals surface area (Å²) < 4.78 is 14.0.